The van der Waals surface area contributed by atoms with Crippen LogP contribution in [-0.2, 0) is 47.0 Å². The second-order valence-electron chi connectivity index (χ2n) is 2.17. The maximum Gasteiger partial charge on any atom is 0.300 e. The van der Waals surface area contributed by atoms with Crippen LogP contribution in [0, 0.1) is 5.92 Å². The van der Waals surface area contributed by atoms with Crippen LogP contribution >= 0.6 is 0 Å². The van der Waals surface area contributed by atoms with E-state index in [0.29, 0.717) is 13.2 Å². The molecule has 0 aromatic rings. The van der Waals surface area contributed by atoms with Crippen LogP contribution in [-0.4, -0.2) is 26.3 Å². The van der Waals surface area contributed by atoms with Gasteiger partial charge in [0.2, 0.25) is 0 Å². The number of hydrogen-bond donors (Lipinski definition) is 0. The molecule has 3 nitrogen and oxygen atoms in total. The first-order chi connectivity index (χ1) is 4.66. The fourth-order valence-electron chi connectivity index (χ4n) is 0.513. The largest absolute Gasteiger partial charge is 0.498 e. The third-order valence-electron chi connectivity index (χ3n) is 0.913. The fourth-order valence-corrected chi connectivity index (χ4v) is 0.513. The minimum absolute atomic E-state index is 0. The standard InChI is InChI=1S/C7H13O3.Y/c1-6(4-9-3)5-10-7(2)8;/h4-5H2,1-3H3;/q-1;. The van der Waals surface area contributed by atoms with Crippen molar-refractivity contribution in [2.24, 2.45) is 0 Å². The molecule has 0 aliphatic rings. The Bertz CT molecular complexity index is 106. The summed E-state index contributed by atoms with van der Waals surface area (Å²) in [5.41, 5.74) is 0. The molecule has 0 aliphatic carbocycles. The van der Waals surface area contributed by atoms with Gasteiger partial charge in [-0.1, -0.05) is 6.61 Å². The van der Waals surface area contributed by atoms with Gasteiger partial charge in [0.1, 0.15) is 0 Å². The molecular weight excluding hydrogens is 221 g/mol. The van der Waals surface area contributed by atoms with Crippen molar-refractivity contribution < 1.29 is 47.0 Å². The van der Waals surface area contributed by atoms with Gasteiger partial charge >= 0.3 is 0 Å². The Morgan fingerprint density at radius 1 is 1.45 bits per heavy atom. The molecule has 0 heterocycles. The number of esters is 1. The van der Waals surface area contributed by atoms with E-state index in [2.05, 4.69) is 0 Å². The molecule has 0 bridgehead atoms. The molecule has 0 N–H and O–H groups in total. The van der Waals surface area contributed by atoms with Crippen LogP contribution in [0.4, 0.5) is 0 Å². The smallest absolute Gasteiger partial charge is 0.300 e. The fraction of sp³-hybridized carbons (Fsp3) is 0.714. The molecule has 4 heteroatoms. The summed E-state index contributed by atoms with van der Waals surface area (Å²) in [5.74, 6) is 0.758. The van der Waals surface area contributed by atoms with E-state index < -0.39 is 0 Å². The van der Waals surface area contributed by atoms with Crippen molar-refractivity contribution in [3.63, 3.8) is 0 Å². The third kappa shape index (κ3) is 10.5. The molecule has 0 fully saturated rings. The van der Waals surface area contributed by atoms with E-state index >= 15 is 0 Å². The molecule has 0 aliphatic heterocycles. The van der Waals surface area contributed by atoms with Gasteiger partial charge in [-0.15, -0.1) is 0 Å². The maximum absolute atomic E-state index is 10.3. The number of carbonyl (C=O) groups excluding carboxylic acids is 1. The first-order valence-electron chi connectivity index (χ1n) is 3.10. The van der Waals surface area contributed by atoms with E-state index in [4.69, 9.17) is 9.47 Å². The summed E-state index contributed by atoms with van der Waals surface area (Å²) in [5, 5.41) is 0. The van der Waals surface area contributed by atoms with E-state index in [9.17, 15) is 4.79 Å². The van der Waals surface area contributed by atoms with E-state index in [1.807, 2.05) is 6.92 Å². The minimum atomic E-state index is -0.254. The Balaban J connectivity index is 0. The SMILES string of the molecule is COC[C-](C)COC(C)=O.[Y]. The molecule has 0 spiro atoms. The van der Waals surface area contributed by atoms with Gasteiger partial charge < -0.3 is 9.47 Å². The van der Waals surface area contributed by atoms with E-state index in [0.717, 1.165) is 5.92 Å². The van der Waals surface area contributed by atoms with Gasteiger partial charge in [0.05, 0.1) is 0 Å². The van der Waals surface area contributed by atoms with Crippen LogP contribution in [0.15, 0.2) is 0 Å². The predicted octanol–water partition coefficient (Wildman–Crippen LogP) is 0.788. The summed E-state index contributed by atoms with van der Waals surface area (Å²) in [4.78, 5) is 10.3. The molecule has 63 valence electrons. The summed E-state index contributed by atoms with van der Waals surface area (Å²) < 4.78 is 9.51. The number of rotatable bonds is 4. The number of methoxy groups -OCH3 is 1. The zero-order valence-electron chi connectivity index (χ0n) is 7.22. The summed E-state index contributed by atoms with van der Waals surface area (Å²) in [6.07, 6.45) is 0. The average molecular weight is 234 g/mol. The van der Waals surface area contributed by atoms with Crippen LogP contribution in [0.3, 0.4) is 0 Å². The maximum atomic E-state index is 10.3. The monoisotopic (exact) mass is 234 g/mol. The van der Waals surface area contributed by atoms with Crippen LogP contribution < -0.4 is 0 Å². The van der Waals surface area contributed by atoms with Crippen molar-refractivity contribution in [2.75, 3.05) is 20.3 Å². The van der Waals surface area contributed by atoms with Crippen molar-refractivity contribution in [1.29, 1.82) is 0 Å². The molecule has 0 unspecified atom stereocenters. The summed E-state index contributed by atoms with van der Waals surface area (Å²) in [6, 6.07) is 0. The zero-order chi connectivity index (χ0) is 7.98. The van der Waals surface area contributed by atoms with Crippen molar-refractivity contribution in [1.82, 2.24) is 0 Å². The molecule has 0 amide bonds. The van der Waals surface area contributed by atoms with Gasteiger partial charge in [-0.3, -0.25) is 10.7 Å². The van der Waals surface area contributed by atoms with Crippen LogP contribution in [0.25, 0.3) is 0 Å². The van der Waals surface area contributed by atoms with Crippen LogP contribution in [0.2, 0.25) is 0 Å². The Labute approximate surface area is 92.7 Å². The van der Waals surface area contributed by atoms with E-state index in [-0.39, 0.29) is 38.7 Å². The normalized spacial score (nSPS) is 9.09. The van der Waals surface area contributed by atoms with Gasteiger partial charge in [0, 0.05) is 46.7 Å². The third-order valence-corrected chi connectivity index (χ3v) is 0.913. The van der Waals surface area contributed by atoms with Crippen molar-refractivity contribution in [2.45, 2.75) is 13.8 Å². The van der Waals surface area contributed by atoms with Gasteiger partial charge in [-0.2, -0.15) is 6.92 Å². The Morgan fingerprint density at radius 3 is 2.36 bits per heavy atom. The Hall–Kier alpha value is 0.534. The van der Waals surface area contributed by atoms with Gasteiger partial charge in [-0.05, 0) is 6.61 Å². The van der Waals surface area contributed by atoms with Gasteiger partial charge in [0.15, 0.2) is 0 Å². The molecule has 1 radical (unpaired) electrons. The molecule has 0 rings (SSSR count). The van der Waals surface area contributed by atoms with E-state index in [1.54, 1.807) is 7.11 Å². The molecule has 0 aromatic carbocycles. The molecule has 11 heavy (non-hydrogen) atoms. The van der Waals surface area contributed by atoms with Crippen molar-refractivity contribution in [3.05, 3.63) is 5.92 Å². The molecule has 0 aromatic heterocycles. The van der Waals surface area contributed by atoms with Crippen molar-refractivity contribution >= 4 is 5.97 Å². The predicted molar refractivity (Wildman–Crippen MR) is 37.4 cm³/mol. The first kappa shape index (κ1) is 14.1. The molecular formula is C7H13O3Y-. The molecule has 0 saturated carbocycles. The van der Waals surface area contributed by atoms with Crippen LogP contribution in [0.5, 0.6) is 0 Å². The summed E-state index contributed by atoms with van der Waals surface area (Å²) >= 11 is 0. The zero-order valence-corrected chi connectivity index (χ0v) is 10.1. The van der Waals surface area contributed by atoms with Gasteiger partial charge in [0.25, 0.3) is 5.97 Å². The summed E-state index contributed by atoms with van der Waals surface area (Å²) in [7, 11) is 1.61. The second kappa shape index (κ2) is 8.63. The Morgan fingerprint density at radius 2 is 2.00 bits per heavy atom. The van der Waals surface area contributed by atoms with Gasteiger partial charge in [-0.25, -0.2) is 0 Å². The summed E-state index contributed by atoms with van der Waals surface area (Å²) in [6.45, 7) is 4.18. The molecule has 0 atom stereocenters. The van der Waals surface area contributed by atoms with E-state index in [1.165, 1.54) is 6.92 Å². The number of hydrogen-bond acceptors (Lipinski definition) is 3. The quantitative estimate of drug-likeness (QED) is 0.532. The van der Waals surface area contributed by atoms with Crippen molar-refractivity contribution in [3.8, 4) is 0 Å². The second-order valence-corrected chi connectivity index (χ2v) is 2.17. The molecule has 0 saturated heterocycles. The number of ether oxygens (including phenoxy) is 2. The number of carbonyl (C=O) groups is 1. The van der Waals surface area contributed by atoms with Crippen LogP contribution in [0.1, 0.15) is 13.8 Å². The first-order valence-corrected chi connectivity index (χ1v) is 3.10. The average Bonchev–Trinajstić information content (AvgIpc) is 1.85. The minimum Gasteiger partial charge on any atom is -0.498 e. The topological polar surface area (TPSA) is 35.5 Å². The Kier molecular flexibility index (Phi) is 11.0.